The van der Waals surface area contributed by atoms with E-state index in [-0.39, 0.29) is 5.75 Å². The fourth-order valence-corrected chi connectivity index (χ4v) is 3.90. The molecule has 2 fully saturated rings. The van der Waals surface area contributed by atoms with Crippen LogP contribution in [-0.2, 0) is 16.4 Å². The number of likely N-dealkylation sites (tertiary alicyclic amines) is 1. The second kappa shape index (κ2) is 6.95. The molecule has 1 saturated carbocycles. The zero-order valence-electron chi connectivity index (χ0n) is 14.1. The summed E-state index contributed by atoms with van der Waals surface area (Å²) in [5.74, 6) is 3.85. The van der Waals surface area contributed by atoms with E-state index >= 15 is 0 Å². The van der Waals surface area contributed by atoms with Gasteiger partial charge in [0.25, 0.3) is 0 Å². The van der Waals surface area contributed by atoms with Crippen molar-refractivity contribution in [2.24, 2.45) is 5.92 Å². The van der Waals surface area contributed by atoms with Crippen LogP contribution in [-0.4, -0.2) is 51.0 Å². The molecule has 2 unspecified atom stereocenters. The van der Waals surface area contributed by atoms with E-state index < -0.39 is 9.84 Å². The van der Waals surface area contributed by atoms with Gasteiger partial charge in [0.2, 0.25) is 0 Å². The SMILES string of the molecule is CC1CC1c1ccc(CNC2CCN(CCS(C)(=O)=O)CC2)o1. The van der Waals surface area contributed by atoms with Gasteiger partial charge in [0.05, 0.1) is 12.3 Å². The summed E-state index contributed by atoms with van der Waals surface area (Å²) in [6, 6.07) is 4.71. The van der Waals surface area contributed by atoms with Crippen LogP contribution in [0.1, 0.15) is 43.6 Å². The van der Waals surface area contributed by atoms with Crippen molar-refractivity contribution in [1.82, 2.24) is 10.2 Å². The van der Waals surface area contributed by atoms with E-state index in [1.807, 2.05) is 0 Å². The Morgan fingerprint density at radius 3 is 2.61 bits per heavy atom. The maximum absolute atomic E-state index is 11.2. The second-order valence-corrected chi connectivity index (χ2v) is 9.51. The third-order valence-electron chi connectivity index (χ3n) is 5.09. The van der Waals surface area contributed by atoms with Crippen LogP contribution >= 0.6 is 0 Å². The summed E-state index contributed by atoms with van der Waals surface area (Å²) in [7, 11) is -2.86. The van der Waals surface area contributed by atoms with Crippen LogP contribution in [0, 0.1) is 5.92 Å². The van der Waals surface area contributed by atoms with E-state index in [0.29, 0.717) is 18.5 Å². The average Bonchev–Trinajstić information content (AvgIpc) is 3.05. The first-order valence-electron chi connectivity index (χ1n) is 8.63. The maximum atomic E-state index is 11.2. The van der Waals surface area contributed by atoms with Crippen LogP contribution in [0.15, 0.2) is 16.5 Å². The van der Waals surface area contributed by atoms with Gasteiger partial charge in [0.1, 0.15) is 21.4 Å². The number of hydrogen-bond donors (Lipinski definition) is 1. The molecule has 1 saturated heterocycles. The molecule has 2 aliphatic rings. The highest BCUT2D eigenvalue weighted by Crippen LogP contribution is 2.47. The van der Waals surface area contributed by atoms with E-state index in [0.717, 1.165) is 49.9 Å². The fourth-order valence-electron chi connectivity index (χ4n) is 3.31. The van der Waals surface area contributed by atoms with Gasteiger partial charge in [-0.1, -0.05) is 6.92 Å². The van der Waals surface area contributed by atoms with Gasteiger partial charge < -0.3 is 14.6 Å². The third-order valence-corrected chi connectivity index (χ3v) is 6.01. The summed E-state index contributed by atoms with van der Waals surface area (Å²) in [4.78, 5) is 2.25. The normalized spacial score (nSPS) is 26.5. The zero-order valence-corrected chi connectivity index (χ0v) is 14.9. The monoisotopic (exact) mass is 340 g/mol. The van der Waals surface area contributed by atoms with Gasteiger partial charge in [-0.05, 0) is 50.4 Å². The Morgan fingerprint density at radius 1 is 1.30 bits per heavy atom. The predicted molar refractivity (Wildman–Crippen MR) is 91.2 cm³/mol. The Hall–Kier alpha value is -0.850. The zero-order chi connectivity index (χ0) is 16.4. The number of nitrogens with zero attached hydrogens (tertiary/aromatic N) is 1. The van der Waals surface area contributed by atoms with Crippen molar-refractivity contribution in [3.8, 4) is 0 Å². The van der Waals surface area contributed by atoms with Crippen molar-refractivity contribution >= 4 is 9.84 Å². The Kier molecular flexibility index (Phi) is 5.13. The molecule has 130 valence electrons. The molecule has 0 bridgehead atoms. The standard InChI is InChI=1S/C17H28N2O3S/c1-13-11-16(13)17-4-3-15(22-17)12-18-14-5-7-19(8-6-14)9-10-23(2,20)21/h3-4,13-14,16,18H,5-12H2,1-2H3. The van der Waals surface area contributed by atoms with Crippen molar-refractivity contribution in [3.05, 3.63) is 23.7 Å². The summed E-state index contributed by atoms with van der Waals surface area (Å²) in [6.45, 7) is 5.65. The summed E-state index contributed by atoms with van der Waals surface area (Å²) in [6.07, 6.45) is 4.70. The van der Waals surface area contributed by atoms with E-state index in [9.17, 15) is 8.42 Å². The van der Waals surface area contributed by atoms with Gasteiger partial charge in [0.15, 0.2) is 0 Å². The largest absolute Gasteiger partial charge is 0.464 e. The lowest BCUT2D eigenvalue weighted by Gasteiger charge is -2.32. The molecule has 0 amide bonds. The van der Waals surface area contributed by atoms with Crippen LogP contribution in [0.3, 0.4) is 0 Å². The molecule has 0 radical (unpaired) electrons. The van der Waals surface area contributed by atoms with Gasteiger partial charge >= 0.3 is 0 Å². The number of furan rings is 1. The Morgan fingerprint density at radius 2 is 2.00 bits per heavy atom. The molecule has 1 aromatic heterocycles. The molecule has 23 heavy (non-hydrogen) atoms. The van der Waals surface area contributed by atoms with Crippen molar-refractivity contribution in [1.29, 1.82) is 0 Å². The van der Waals surface area contributed by atoms with E-state index in [1.54, 1.807) is 0 Å². The molecule has 5 nitrogen and oxygen atoms in total. The molecular weight excluding hydrogens is 312 g/mol. The molecular formula is C17H28N2O3S. The van der Waals surface area contributed by atoms with Gasteiger partial charge in [-0.2, -0.15) is 0 Å². The molecule has 1 aliphatic carbocycles. The minimum atomic E-state index is -2.86. The number of piperidine rings is 1. The lowest BCUT2D eigenvalue weighted by Crippen LogP contribution is -2.43. The smallest absolute Gasteiger partial charge is 0.148 e. The minimum absolute atomic E-state index is 0.264. The van der Waals surface area contributed by atoms with Crippen LogP contribution in [0.4, 0.5) is 0 Å². The lowest BCUT2D eigenvalue weighted by molar-refractivity contribution is 0.204. The number of rotatable bonds is 7. The van der Waals surface area contributed by atoms with Crippen LogP contribution in [0.25, 0.3) is 0 Å². The van der Waals surface area contributed by atoms with Crippen molar-refractivity contribution < 1.29 is 12.8 Å². The third kappa shape index (κ3) is 5.06. The molecule has 3 rings (SSSR count). The quantitative estimate of drug-likeness (QED) is 0.822. The average molecular weight is 340 g/mol. The molecule has 1 N–H and O–H groups in total. The predicted octanol–water partition coefficient (Wildman–Crippen LogP) is 2.00. The lowest BCUT2D eigenvalue weighted by atomic mass is 10.1. The van der Waals surface area contributed by atoms with Gasteiger partial charge in [0, 0.05) is 24.8 Å². The highest BCUT2D eigenvalue weighted by Gasteiger charge is 2.36. The summed E-state index contributed by atoms with van der Waals surface area (Å²) in [5.41, 5.74) is 0. The van der Waals surface area contributed by atoms with Crippen LogP contribution in [0.5, 0.6) is 0 Å². The molecule has 0 aromatic carbocycles. The van der Waals surface area contributed by atoms with Crippen molar-refractivity contribution in [3.63, 3.8) is 0 Å². The first-order chi connectivity index (χ1) is 10.9. The highest BCUT2D eigenvalue weighted by atomic mass is 32.2. The first-order valence-corrected chi connectivity index (χ1v) is 10.7. The summed E-state index contributed by atoms with van der Waals surface area (Å²) in [5, 5.41) is 3.58. The van der Waals surface area contributed by atoms with Gasteiger partial charge in [-0.3, -0.25) is 0 Å². The van der Waals surface area contributed by atoms with E-state index in [2.05, 4.69) is 29.3 Å². The van der Waals surface area contributed by atoms with Gasteiger partial charge in [-0.25, -0.2) is 8.42 Å². The number of sulfone groups is 1. The number of hydrogen-bond acceptors (Lipinski definition) is 5. The first kappa shape index (κ1) is 17.0. The topological polar surface area (TPSA) is 62.6 Å². The summed E-state index contributed by atoms with van der Waals surface area (Å²) < 4.78 is 28.4. The van der Waals surface area contributed by atoms with Crippen molar-refractivity contribution in [2.45, 2.75) is 44.7 Å². The minimum Gasteiger partial charge on any atom is -0.464 e. The Balaban J connectivity index is 1.37. The molecule has 1 aromatic rings. The molecule has 1 aliphatic heterocycles. The Labute approximate surface area is 139 Å². The molecule has 6 heteroatoms. The number of nitrogens with one attached hydrogen (secondary N) is 1. The second-order valence-electron chi connectivity index (χ2n) is 7.25. The maximum Gasteiger partial charge on any atom is 0.148 e. The van der Waals surface area contributed by atoms with Gasteiger partial charge in [-0.15, -0.1) is 0 Å². The highest BCUT2D eigenvalue weighted by molar-refractivity contribution is 7.90. The van der Waals surface area contributed by atoms with Crippen LogP contribution in [0.2, 0.25) is 0 Å². The van der Waals surface area contributed by atoms with Crippen molar-refractivity contribution in [2.75, 3.05) is 31.6 Å². The van der Waals surface area contributed by atoms with E-state index in [4.69, 9.17) is 4.42 Å². The molecule has 0 spiro atoms. The molecule has 2 atom stereocenters. The molecule has 2 heterocycles. The van der Waals surface area contributed by atoms with Crippen LogP contribution < -0.4 is 5.32 Å². The van der Waals surface area contributed by atoms with E-state index in [1.165, 1.54) is 12.7 Å². The fraction of sp³-hybridized carbons (Fsp3) is 0.765. The Bertz CT molecular complexity index is 618. The summed E-state index contributed by atoms with van der Waals surface area (Å²) >= 11 is 0.